The topological polar surface area (TPSA) is 24.9 Å². The van der Waals surface area contributed by atoms with Gasteiger partial charge in [0.25, 0.3) is 0 Å². The molecule has 0 unspecified atom stereocenters. The van der Waals surface area contributed by atoms with Crippen molar-refractivity contribution in [1.82, 2.24) is 0 Å². The number of aryl methyl sites for hydroxylation is 2. The van der Waals surface area contributed by atoms with E-state index in [2.05, 4.69) is 83.7 Å². The van der Waals surface area contributed by atoms with Gasteiger partial charge in [-0.15, -0.1) is 0 Å². The molecule has 37 heavy (non-hydrogen) atoms. The molecule has 4 rings (SSSR count). The van der Waals surface area contributed by atoms with Crippen molar-refractivity contribution in [1.29, 1.82) is 0 Å². The zero-order chi connectivity index (χ0) is 25.5. The average molecular weight is 718 g/mol. The Morgan fingerprint density at radius 3 is 1.24 bits per heavy atom. The smallest absolute Gasteiger partial charge is 1.00 e. The molecule has 4 nitrogen and oxygen atoms in total. The number of benzene rings is 2. The van der Waals surface area contributed by atoms with Gasteiger partial charge in [-0.05, 0) is 25.7 Å². The van der Waals surface area contributed by atoms with Gasteiger partial charge in [-0.25, -0.2) is 0 Å². The van der Waals surface area contributed by atoms with E-state index in [0.717, 1.165) is 26.4 Å². The first-order valence-corrected chi connectivity index (χ1v) is 16.8. The third kappa shape index (κ3) is 12.9. The molecule has 2 heterocycles. The standard InChI is InChI=1S/2C11H16N.2C4H8O.2ClH.Hf/c2*1-4-8-12-11-7-5-6-9(2)10(11)3;2*1-2-4-5-3-1;;;/h2*5-7H,4,8H2,1-3H3;2*1-4H2;2*1H;/q2*-1;;;;;+4/p-2. The first-order chi connectivity index (χ1) is 17.0. The van der Waals surface area contributed by atoms with E-state index in [-0.39, 0.29) is 24.8 Å². The van der Waals surface area contributed by atoms with Crippen LogP contribution in [0.2, 0.25) is 0 Å². The summed E-state index contributed by atoms with van der Waals surface area (Å²) < 4.78 is 15.4. The monoisotopic (exact) mass is 718 g/mol. The van der Waals surface area contributed by atoms with Crippen molar-refractivity contribution >= 4 is 11.4 Å². The molecular weight excluding hydrogens is 670 g/mol. The van der Waals surface area contributed by atoms with Crippen LogP contribution in [0.5, 0.6) is 0 Å². The van der Waals surface area contributed by atoms with E-state index in [1.807, 2.05) is 0 Å². The van der Waals surface area contributed by atoms with E-state index in [9.17, 15) is 0 Å². The maximum absolute atomic E-state index is 4.94. The molecule has 0 saturated carbocycles. The van der Waals surface area contributed by atoms with Crippen molar-refractivity contribution in [2.75, 3.05) is 45.3 Å². The first kappa shape index (κ1) is 36.4. The molecule has 0 radical (unpaired) electrons. The van der Waals surface area contributed by atoms with Crippen molar-refractivity contribution in [3.8, 4) is 0 Å². The quantitative estimate of drug-likeness (QED) is 0.388. The Labute approximate surface area is 251 Å². The fourth-order valence-electron chi connectivity index (χ4n) is 4.12. The third-order valence-corrected chi connectivity index (χ3v) is 11.6. The molecule has 0 spiro atoms. The second-order valence-corrected chi connectivity index (χ2v) is 14.1. The summed E-state index contributed by atoms with van der Waals surface area (Å²) in [5.41, 5.74) is 8.60. The molecule has 2 aliphatic rings. The zero-order valence-corrected chi connectivity index (χ0v) is 29.0. The fraction of sp³-hybridized carbons (Fsp3) is 0.600. The van der Waals surface area contributed by atoms with Crippen molar-refractivity contribution < 1.29 is 57.8 Å². The molecule has 0 bridgehead atoms. The van der Waals surface area contributed by atoms with Crippen LogP contribution in [0.3, 0.4) is 0 Å². The molecule has 2 fully saturated rings. The van der Waals surface area contributed by atoms with Crippen LogP contribution >= 0.6 is 0 Å². The van der Waals surface area contributed by atoms with Gasteiger partial charge >= 0.3 is 167 Å². The van der Waals surface area contributed by atoms with Crippen LogP contribution in [0.4, 0.5) is 11.4 Å². The van der Waals surface area contributed by atoms with E-state index in [1.54, 1.807) is 0 Å². The van der Waals surface area contributed by atoms with Gasteiger partial charge in [0, 0.05) is 26.4 Å². The van der Waals surface area contributed by atoms with Crippen LogP contribution in [-0.4, -0.2) is 39.5 Å². The van der Waals surface area contributed by atoms with Crippen LogP contribution in [0.1, 0.15) is 74.6 Å². The van der Waals surface area contributed by atoms with Crippen LogP contribution < -0.4 is 30.6 Å². The van der Waals surface area contributed by atoms with Crippen LogP contribution in [-0.2, 0) is 33.0 Å². The molecule has 0 N–H and O–H groups in total. The summed E-state index contributed by atoms with van der Waals surface area (Å²) in [5, 5.41) is 0. The number of hydrogen-bond donors (Lipinski definition) is 0. The first-order valence-electron chi connectivity index (χ1n) is 13.6. The molecule has 2 saturated heterocycles. The predicted octanol–water partition coefficient (Wildman–Crippen LogP) is 1.57. The second-order valence-electron chi connectivity index (χ2n) is 9.48. The van der Waals surface area contributed by atoms with Gasteiger partial charge in [-0.1, -0.05) is 0 Å². The second kappa shape index (κ2) is 21.3. The van der Waals surface area contributed by atoms with Crippen molar-refractivity contribution in [3.05, 3.63) is 58.7 Å². The third-order valence-electron chi connectivity index (χ3n) is 6.52. The number of rotatable bonds is 8. The van der Waals surface area contributed by atoms with Crippen molar-refractivity contribution in [3.63, 3.8) is 0 Å². The molecule has 0 aliphatic carbocycles. The van der Waals surface area contributed by atoms with Gasteiger partial charge in [0.2, 0.25) is 0 Å². The largest absolute Gasteiger partial charge is 1.00 e. The number of nitrogens with zero attached hydrogens (tertiary/aromatic N) is 2. The van der Waals surface area contributed by atoms with Crippen molar-refractivity contribution in [2.45, 2.75) is 80.1 Å². The van der Waals surface area contributed by atoms with E-state index < -0.39 is 23.5 Å². The zero-order valence-electron chi connectivity index (χ0n) is 23.9. The Bertz CT molecular complexity index is 777. The molecule has 7 heteroatoms. The average Bonchev–Trinajstić information content (AvgIpc) is 3.62. The Hall–Kier alpha value is -0.590. The molecule has 2 aromatic carbocycles. The summed E-state index contributed by atoms with van der Waals surface area (Å²) in [4.78, 5) is 0. The SMILES string of the molecule is C1CCOC1.C1CCOC1.CCC[N]([Hf+2][N](CCC)c1cccc(C)c1C)c1cccc(C)c1C.[Cl-].[Cl-]. The fourth-order valence-corrected chi connectivity index (χ4v) is 10.0. The van der Waals surface area contributed by atoms with Gasteiger partial charge in [-0.3, -0.25) is 0 Å². The predicted molar refractivity (Wildman–Crippen MR) is 147 cm³/mol. The summed E-state index contributed by atoms with van der Waals surface area (Å²) in [7, 11) is 0. The minimum atomic E-state index is -1.20. The summed E-state index contributed by atoms with van der Waals surface area (Å²) >= 11 is -1.20. The summed E-state index contributed by atoms with van der Waals surface area (Å²) in [5.74, 6) is 0. The Kier molecular flexibility index (Phi) is 20.9. The molecule has 2 aromatic rings. The number of halogens is 2. The van der Waals surface area contributed by atoms with E-state index in [1.165, 1.54) is 85.2 Å². The maximum atomic E-state index is 4.94. The molecule has 2 aliphatic heterocycles. The minimum absolute atomic E-state index is 0. The normalized spacial score (nSPS) is 13.6. The maximum Gasteiger partial charge on any atom is -1.00 e. The molecule has 0 aromatic heterocycles. The van der Waals surface area contributed by atoms with Crippen LogP contribution in [0.25, 0.3) is 0 Å². The van der Waals surface area contributed by atoms with E-state index in [0.29, 0.717) is 0 Å². The molecule has 0 amide bonds. The number of hydrogen-bond acceptors (Lipinski definition) is 4. The van der Waals surface area contributed by atoms with Gasteiger partial charge in [0.05, 0.1) is 0 Å². The van der Waals surface area contributed by atoms with Crippen LogP contribution in [0, 0.1) is 27.7 Å². The molecule has 208 valence electrons. The van der Waals surface area contributed by atoms with Gasteiger partial charge in [0.1, 0.15) is 0 Å². The Morgan fingerprint density at radius 2 is 0.973 bits per heavy atom. The molecular formula is C30H48Cl2HfN2O2. The van der Waals surface area contributed by atoms with Gasteiger partial charge < -0.3 is 34.3 Å². The van der Waals surface area contributed by atoms with Crippen LogP contribution in [0.15, 0.2) is 36.4 Å². The van der Waals surface area contributed by atoms with Gasteiger partial charge in [-0.2, -0.15) is 0 Å². The summed E-state index contributed by atoms with van der Waals surface area (Å²) in [6.45, 7) is 19.9. The minimum Gasteiger partial charge on any atom is -1.00 e. The van der Waals surface area contributed by atoms with E-state index in [4.69, 9.17) is 9.47 Å². The van der Waals surface area contributed by atoms with Crippen molar-refractivity contribution in [2.24, 2.45) is 0 Å². The molecule has 0 atom stereocenters. The summed E-state index contributed by atoms with van der Waals surface area (Å²) in [6, 6.07) is 13.5. The van der Waals surface area contributed by atoms with E-state index >= 15 is 0 Å². The Balaban J connectivity index is 0.000000892. The summed E-state index contributed by atoms with van der Waals surface area (Å²) in [6.07, 6.45) is 7.51. The van der Waals surface area contributed by atoms with Gasteiger partial charge in [0.15, 0.2) is 0 Å². The Morgan fingerprint density at radius 1 is 0.622 bits per heavy atom. The number of ether oxygens (including phenoxy) is 2. The number of anilines is 2.